The minimum Gasteiger partial charge on any atom is -0.480 e. The van der Waals surface area contributed by atoms with Gasteiger partial charge in [0.15, 0.2) is 0 Å². The van der Waals surface area contributed by atoms with Crippen molar-refractivity contribution in [2.45, 2.75) is 6.04 Å². The number of para-hydroxylation sites is 1. The maximum atomic E-state index is 13.3. The van der Waals surface area contributed by atoms with Crippen molar-refractivity contribution < 1.29 is 19.1 Å². The van der Waals surface area contributed by atoms with Crippen LogP contribution in [0.4, 0.5) is 10.1 Å². The number of nitrogen functional groups attached to an aromatic ring is 1. The van der Waals surface area contributed by atoms with Gasteiger partial charge in [0.2, 0.25) is 0 Å². The lowest BCUT2D eigenvalue weighted by molar-refractivity contribution is -0.141. The number of hydrogen-bond acceptors (Lipinski definition) is 4. The summed E-state index contributed by atoms with van der Waals surface area (Å²) in [6.07, 6.45) is 0. The number of hydrogen-bond donors (Lipinski definition) is 2. The molecule has 0 saturated carbocycles. The van der Waals surface area contributed by atoms with Gasteiger partial charge in [0.05, 0.1) is 11.3 Å². The predicted molar refractivity (Wildman–Crippen MR) is 70.6 cm³/mol. The van der Waals surface area contributed by atoms with E-state index in [1.807, 2.05) is 0 Å². The fourth-order valence-corrected chi connectivity index (χ4v) is 2.97. The van der Waals surface area contributed by atoms with E-state index in [0.717, 1.165) is 6.07 Å². The number of rotatable bonds is 2. The van der Waals surface area contributed by atoms with Crippen LogP contribution in [0.1, 0.15) is 10.4 Å². The standard InChI is InChI=1S/C12H13FN2O3S/c13-8-3-1-2-7(10(8)14)11(16)15-4-5-19-6-9(15)12(17)18/h1-3,9H,4-6,14H2,(H,17,18). The number of thioether (sulfide) groups is 1. The molecule has 3 N–H and O–H groups in total. The van der Waals surface area contributed by atoms with Crippen LogP contribution in [0, 0.1) is 5.82 Å². The predicted octanol–water partition coefficient (Wildman–Crippen LogP) is 1.05. The molecule has 2 rings (SSSR count). The van der Waals surface area contributed by atoms with Gasteiger partial charge >= 0.3 is 5.97 Å². The number of halogens is 1. The maximum Gasteiger partial charge on any atom is 0.327 e. The number of aliphatic carboxylic acids is 1. The van der Waals surface area contributed by atoms with E-state index in [0.29, 0.717) is 18.1 Å². The second-order valence-corrected chi connectivity index (χ2v) is 5.28. The Balaban J connectivity index is 2.31. The van der Waals surface area contributed by atoms with Crippen LogP contribution in [0.5, 0.6) is 0 Å². The fraction of sp³-hybridized carbons (Fsp3) is 0.333. The van der Waals surface area contributed by atoms with E-state index < -0.39 is 23.7 Å². The summed E-state index contributed by atoms with van der Waals surface area (Å²) < 4.78 is 13.3. The zero-order valence-corrected chi connectivity index (χ0v) is 10.8. The van der Waals surface area contributed by atoms with Crippen molar-refractivity contribution in [3.05, 3.63) is 29.6 Å². The Morgan fingerprint density at radius 1 is 1.47 bits per heavy atom. The molecule has 1 atom stereocenters. The van der Waals surface area contributed by atoms with Gasteiger partial charge in [-0.3, -0.25) is 4.79 Å². The first-order valence-corrected chi connectivity index (χ1v) is 6.83. The molecule has 1 unspecified atom stereocenters. The minimum atomic E-state index is -1.06. The number of carboxylic acids is 1. The van der Waals surface area contributed by atoms with Crippen LogP contribution in [-0.4, -0.2) is 46.0 Å². The highest BCUT2D eigenvalue weighted by Gasteiger charge is 2.33. The largest absolute Gasteiger partial charge is 0.480 e. The second kappa shape index (κ2) is 5.48. The third kappa shape index (κ3) is 2.65. The molecule has 1 aromatic rings. The number of amides is 1. The van der Waals surface area contributed by atoms with Gasteiger partial charge in [-0.05, 0) is 12.1 Å². The van der Waals surface area contributed by atoms with Gasteiger partial charge in [0.1, 0.15) is 11.9 Å². The SMILES string of the molecule is Nc1c(F)cccc1C(=O)N1CCSCC1C(=O)O. The van der Waals surface area contributed by atoms with Gasteiger partial charge in [0.25, 0.3) is 5.91 Å². The van der Waals surface area contributed by atoms with Gasteiger partial charge in [-0.1, -0.05) is 6.07 Å². The van der Waals surface area contributed by atoms with Crippen molar-refractivity contribution >= 4 is 29.3 Å². The van der Waals surface area contributed by atoms with Crippen LogP contribution in [0.15, 0.2) is 18.2 Å². The third-order valence-corrected chi connectivity index (χ3v) is 3.98. The third-order valence-electron chi connectivity index (χ3n) is 2.96. The van der Waals surface area contributed by atoms with Gasteiger partial charge < -0.3 is 15.7 Å². The molecule has 102 valence electrons. The molecule has 19 heavy (non-hydrogen) atoms. The number of nitrogens with two attached hydrogens (primary N) is 1. The van der Waals surface area contributed by atoms with E-state index in [9.17, 15) is 14.0 Å². The zero-order chi connectivity index (χ0) is 14.0. The number of nitrogens with zero attached hydrogens (tertiary/aromatic N) is 1. The summed E-state index contributed by atoms with van der Waals surface area (Å²) >= 11 is 1.47. The van der Waals surface area contributed by atoms with Crippen molar-refractivity contribution in [2.75, 3.05) is 23.8 Å². The van der Waals surface area contributed by atoms with Crippen LogP contribution in [0.3, 0.4) is 0 Å². The van der Waals surface area contributed by atoms with E-state index in [1.54, 1.807) is 0 Å². The normalized spacial score (nSPS) is 19.2. The monoisotopic (exact) mass is 284 g/mol. The molecular formula is C12H13FN2O3S. The molecular weight excluding hydrogens is 271 g/mol. The topological polar surface area (TPSA) is 83.6 Å². The summed E-state index contributed by atoms with van der Waals surface area (Å²) in [5, 5.41) is 9.12. The molecule has 1 amide bonds. The van der Waals surface area contributed by atoms with Crippen molar-refractivity contribution in [2.24, 2.45) is 0 Å². The smallest absolute Gasteiger partial charge is 0.327 e. The number of carboxylic acid groups (broad SMARTS) is 1. The Labute approximate surface area is 113 Å². The number of carbonyl (C=O) groups excluding carboxylic acids is 1. The highest BCUT2D eigenvalue weighted by molar-refractivity contribution is 7.99. The van der Waals surface area contributed by atoms with Crippen LogP contribution in [0.2, 0.25) is 0 Å². The minimum absolute atomic E-state index is 0.0122. The van der Waals surface area contributed by atoms with Crippen molar-refractivity contribution in [1.29, 1.82) is 0 Å². The molecule has 1 heterocycles. The Morgan fingerprint density at radius 2 is 2.21 bits per heavy atom. The molecule has 0 aliphatic carbocycles. The summed E-state index contributed by atoms with van der Waals surface area (Å²) in [5.41, 5.74) is 5.31. The molecule has 1 aliphatic heterocycles. The number of benzene rings is 1. The Hall–Kier alpha value is -1.76. The summed E-state index contributed by atoms with van der Waals surface area (Å²) in [7, 11) is 0. The highest BCUT2D eigenvalue weighted by Crippen LogP contribution is 2.23. The summed E-state index contributed by atoms with van der Waals surface area (Å²) in [6.45, 7) is 0.316. The summed E-state index contributed by atoms with van der Waals surface area (Å²) in [6, 6.07) is 3.05. The molecule has 0 radical (unpaired) electrons. The molecule has 0 spiro atoms. The van der Waals surface area contributed by atoms with Crippen LogP contribution in [0.25, 0.3) is 0 Å². The Kier molecular flexibility index (Phi) is 3.94. The highest BCUT2D eigenvalue weighted by atomic mass is 32.2. The molecule has 0 aromatic heterocycles. The first-order chi connectivity index (χ1) is 9.02. The molecule has 5 nitrogen and oxygen atoms in total. The summed E-state index contributed by atoms with van der Waals surface area (Å²) in [4.78, 5) is 24.7. The molecule has 1 saturated heterocycles. The van der Waals surface area contributed by atoms with Gasteiger partial charge in [-0.25, -0.2) is 9.18 Å². The maximum absolute atomic E-state index is 13.3. The molecule has 1 aromatic carbocycles. The van der Waals surface area contributed by atoms with Crippen molar-refractivity contribution in [3.63, 3.8) is 0 Å². The van der Waals surface area contributed by atoms with E-state index in [-0.39, 0.29) is 11.3 Å². The summed E-state index contributed by atoms with van der Waals surface area (Å²) in [5.74, 6) is -1.29. The lowest BCUT2D eigenvalue weighted by Crippen LogP contribution is -2.50. The van der Waals surface area contributed by atoms with Gasteiger partial charge in [-0.2, -0.15) is 11.8 Å². The van der Waals surface area contributed by atoms with E-state index in [2.05, 4.69) is 0 Å². The van der Waals surface area contributed by atoms with Crippen molar-refractivity contribution in [1.82, 2.24) is 4.90 Å². The molecule has 1 aliphatic rings. The zero-order valence-electron chi connectivity index (χ0n) is 10.0. The van der Waals surface area contributed by atoms with Gasteiger partial charge in [0, 0.05) is 18.1 Å². The van der Waals surface area contributed by atoms with Crippen LogP contribution >= 0.6 is 11.8 Å². The Bertz CT molecular complexity index is 524. The second-order valence-electron chi connectivity index (χ2n) is 4.13. The van der Waals surface area contributed by atoms with Gasteiger partial charge in [-0.15, -0.1) is 0 Å². The van der Waals surface area contributed by atoms with E-state index >= 15 is 0 Å². The molecule has 0 bridgehead atoms. The molecule has 1 fully saturated rings. The number of anilines is 1. The average Bonchev–Trinajstić information content (AvgIpc) is 2.41. The average molecular weight is 284 g/mol. The quantitative estimate of drug-likeness (QED) is 0.793. The van der Waals surface area contributed by atoms with Crippen LogP contribution < -0.4 is 5.73 Å². The lowest BCUT2D eigenvalue weighted by Gasteiger charge is -2.32. The fourth-order valence-electron chi connectivity index (χ4n) is 1.93. The first kappa shape index (κ1) is 13.7. The van der Waals surface area contributed by atoms with Crippen LogP contribution in [-0.2, 0) is 4.79 Å². The first-order valence-electron chi connectivity index (χ1n) is 5.68. The van der Waals surface area contributed by atoms with E-state index in [4.69, 9.17) is 10.8 Å². The lowest BCUT2D eigenvalue weighted by atomic mass is 10.1. The van der Waals surface area contributed by atoms with Crippen molar-refractivity contribution in [3.8, 4) is 0 Å². The molecule has 7 heteroatoms. The van der Waals surface area contributed by atoms with E-state index in [1.165, 1.54) is 28.8 Å². The number of carbonyl (C=O) groups is 2. The Morgan fingerprint density at radius 3 is 2.89 bits per heavy atom.